The molecule has 0 saturated carbocycles. The van der Waals surface area contributed by atoms with E-state index in [0.29, 0.717) is 23.2 Å². The lowest BCUT2D eigenvalue weighted by atomic mass is 9.71. The molecule has 0 amide bonds. The molecular weight excluding hydrogens is 420 g/mol. The number of nitrogens with zero attached hydrogens (tertiary/aromatic N) is 3. The first-order valence-electron chi connectivity index (χ1n) is 10.9. The summed E-state index contributed by atoms with van der Waals surface area (Å²) in [5.74, 6) is -0.0000947. The molecule has 5 rings (SSSR count). The van der Waals surface area contributed by atoms with E-state index in [1.165, 1.54) is 0 Å². The van der Waals surface area contributed by atoms with Crippen LogP contribution < -0.4 is 4.90 Å². The van der Waals surface area contributed by atoms with Gasteiger partial charge in [0.2, 0.25) is 0 Å². The van der Waals surface area contributed by atoms with Gasteiger partial charge < -0.3 is 15.0 Å². The van der Waals surface area contributed by atoms with Gasteiger partial charge >= 0.3 is 0 Å². The minimum Gasteiger partial charge on any atom is -0.395 e. The number of rotatable bonds is 3. The highest BCUT2D eigenvalue weighted by molar-refractivity contribution is 7.80. The summed E-state index contributed by atoms with van der Waals surface area (Å²) in [6.07, 6.45) is 0. The van der Waals surface area contributed by atoms with E-state index in [-0.39, 0.29) is 12.4 Å². The predicted molar refractivity (Wildman–Crippen MR) is 128 cm³/mol. The Hall–Kier alpha value is -2.79. The van der Waals surface area contributed by atoms with Gasteiger partial charge in [-0.1, -0.05) is 19.9 Å². The molecule has 2 N–H and O–H groups in total. The molecule has 2 aromatic carbocycles. The number of benzene rings is 2. The monoisotopic (exact) mass is 446 g/mol. The lowest BCUT2D eigenvalue weighted by Crippen LogP contribution is -2.47. The van der Waals surface area contributed by atoms with Crippen molar-refractivity contribution in [3.8, 4) is 6.07 Å². The summed E-state index contributed by atoms with van der Waals surface area (Å²) >= 11 is 4.77. The number of aliphatic hydroxyl groups is 1. The molecule has 3 aromatic rings. The maximum absolute atomic E-state index is 13.6. The van der Waals surface area contributed by atoms with Gasteiger partial charge in [-0.15, -0.1) is 12.6 Å². The average Bonchev–Trinajstić information content (AvgIpc) is 3.18. The van der Waals surface area contributed by atoms with Crippen molar-refractivity contribution in [2.24, 2.45) is 0 Å². The summed E-state index contributed by atoms with van der Waals surface area (Å²) in [4.78, 5) is 22.4. The van der Waals surface area contributed by atoms with Crippen molar-refractivity contribution >= 4 is 35.0 Å². The molecule has 1 aliphatic carbocycles. The smallest absolute Gasteiger partial charge is 0.195 e. The quantitative estimate of drug-likeness (QED) is 0.538. The van der Waals surface area contributed by atoms with E-state index in [2.05, 4.69) is 40.8 Å². The van der Waals surface area contributed by atoms with Crippen molar-refractivity contribution in [3.63, 3.8) is 0 Å². The summed E-state index contributed by atoms with van der Waals surface area (Å²) in [6, 6.07) is 11.7. The fourth-order valence-electron chi connectivity index (χ4n) is 5.13. The van der Waals surface area contributed by atoms with Crippen LogP contribution in [0.1, 0.15) is 46.6 Å². The first kappa shape index (κ1) is 21.1. The number of nitrogens with one attached hydrogen (secondary N) is 1. The molecule has 6 nitrogen and oxygen atoms in total. The van der Waals surface area contributed by atoms with Crippen LogP contribution in [0.5, 0.6) is 0 Å². The number of hydrogen-bond donors (Lipinski definition) is 3. The number of β-amino-alcohol motifs (C(OH)–C–C–N with tert-alkyl or cyclic N) is 1. The Morgan fingerprint density at radius 1 is 1.19 bits per heavy atom. The van der Waals surface area contributed by atoms with Crippen molar-refractivity contribution in [1.29, 1.82) is 5.26 Å². The zero-order valence-corrected chi connectivity index (χ0v) is 19.2. The molecule has 1 fully saturated rings. The van der Waals surface area contributed by atoms with E-state index in [0.717, 1.165) is 58.9 Å². The molecule has 0 spiro atoms. The van der Waals surface area contributed by atoms with Gasteiger partial charge in [0.15, 0.2) is 5.78 Å². The molecule has 1 aromatic heterocycles. The van der Waals surface area contributed by atoms with Crippen LogP contribution >= 0.6 is 12.6 Å². The molecule has 2 aliphatic rings. The van der Waals surface area contributed by atoms with Crippen molar-refractivity contribution in [2.75, 3.05) is 44.2 Å². The van der Waals surface area contributed by atoms with E-state index in [4.69, 9.17) is 12.6 Å². The number of aliphatic hydroxyl groups excluding tert-OH is 1. The zero-order chi connectivity index (χ0) is 22.6. The SMILES string of the molecule is CC1(C)c2cc(N3CCN(CCO)CC3)c(S)cc2C(=O)c2c1[nH]c1cc(C#N)ccc21. The zero-order valence-electron chi connectivity index (χ0n) is 18.3. The number of aromatic amines is 1. The Labute approximate surface area is 192 Å². The summed E-state index contributed by atoms with van der Waals surface area (Å²) in [5, 5.41) is 19.3. The second-order valence-corrected chi connectivity index (χ2v) is 9.62. The molecule has 0 unspecified atom stereocenters. The van der Waals surface area contributed by atoms with Crippen LogP contribution in [0.2, 0.25) is 0 Å². The number of anilines is 1. The Bertz CT molecular complexity index is 1280. The molecule has 32 heavy (non-hydrogen) atoms. The fraction of sp³-hybridized carbons (Fsp3) is 0.360. The van der Waals surface area contributed by atoms with Crippen molar-refractivity contribution in [3.05, 3.63) is 58.3 Å². The lowest BCUT2D eigenvalue weighted by molar-refractivity contribution is 0.103. The van der Waals surface area contributed by atoms with E-state index in [1.54, 1.807) is 6.07 Å². The van der Waals surface area contributed by atoms with Gasteiger partial charge in [-0.3, -0.25) is 9.69 Å². The molecule has 164 valence electrons. The number of piperazine rings is 1. The maximum atomic E-state index is 13.6. The Morgan fingerprint density at radius 3 is 2.62 bits per heavy atom. The van der Waals surface area contributed by atoms with Gasteiger partial charge in [0, 0.05) is 65.2 Å². The standard InChI is InChI=1S/C25H26N4O2S/c1-25(2)18-13-20(29-7-5-28(6-8-29)9-10-30)21(32)12-17(18)23(31)22-16-4-3-15(14-26)11-19(16)27-24(22)25/h3-4,11-13,27,30,32H,5-10H2,1-2H3. The minimum atomic E-state index is -0.403. The van der Waals surface area contributed by atoms with Crippen LogP contribution in [0, 0.1) is 11.3 Å². The number of nitriles is 1. The average molecular weight is 447 g/mol. The fourth-order valence-corrected chi connectivity index (χ4v) is 5.46. The number of aromatic nitrogens is 1. The van der Waals surface area contributed by atoms with Gasteiger partial charge in [-0.2, -0.15) is 5.26 Å². The third kappa shape index (κ3) is 3.14. The highest BCUT2D eigenvalue weighted by atomic mass is 32.1. The number of carbonyl (C=O) groups excluding carboxylic acids is 1. The topological polar surface area (TPSA) is 83.4 Å². The van der Waals surface area contributed by atoms with E-state index < -0.39 is 5.41 Å². The molecular formula is C25H26N4O2S. The molecule has 1 aliphatic heterocycles. The van der Waals surface area contributed by atoms with Gasteiger partial charge in [0.25, 0.3) is 0 Å². The third-order valence-corrected chi connectivity index (χ3v) is 7.30. The summed E-state index contributed by atoms with van der Waals surface area (Å²) in [5.41, 5.74) is 5.30. The second-order valence-electron chi connectivity index (χ2n) is 9.14. The van der Waals surface area contributed by atoms with Crippen molar-refractivity contribution < 1.29 is 9.90 Å². The number of H-pyrrole nitrogens is 1. The highest BCUT2D eigenvalue weighted by Gasteiger charge is 2.40. The van der Waals surface area contributed by atoms with Crippen LogP contribution in [0.15, 0.2) is 35.2 Å². The van der Waals surface area contributed by atoms with Crippen molar-refractivity contribution in [1.82, 2.24) is 9.88 Å². The molecule has 0 atom stereocenters. The summed E-state index contributed by atoms with van der Waals surface area (Å²) < 4.78 is 0. The minimum absolute atomic E-state index is 0.0000947. The van der Waals surface area contributed by atoms with Gasteiger partial charge in [0.05, 0.1) is 29.5 Å². The van der Waals surface area contributed by atoms with E-state index >= 15 is 0 Å². The Balaban J connectivity index is 1.59. The number of ketones is 1. The first-order valence-corrected chi connectivity index (χ1v) is 11.4. The Morgan fingerprint density at radius 2 is 1.94 bits per heavy atom. The van der Waals surface area contributed by atoms with Crippen LogP contribution in [-0.2, 0) is 5.41 Å². The van der Waals surface area contributed by atoms with Crippen molar-refractivity contribution in [2.45, 2.75) is 24.2 Å². The Kier molecular flexibility index (Phi) is 5.05. The largest absolute Gasteiger partial charge is 0.395 e. The van der Waals surface area contributed by atoms with Gasteiger partial charge in [-0.05, 0) is 29.8 Å². The highest BCUT2D eigenvalue weighted by Crippen LogP contribution is 2.46. The predicted octanol–water partition coefficient (Wildman–Crippen LogP) is 3.31. The molecule has 2 heterocycles. The van der Waals surface area contributed by atoms with Gasteiger partial charge in [0.1, 0.15) is 0 Å². The lowest BCUT2D eigenvalue weighted by Gasteiger charge is -2.38. The van der Waals surface area contributed by atoms with Gasteiger partial charge in [-0.25, -0.2) is 0 Å². The third-order valence-electron chi connectivity index (χ3n) is 6.94. The number of hydrogen-bond acceptors (Lipinski definition) is 6. The molecule has 1 saturated heterocycles. The first-order chi connectivity index (χ1) is 15.3. The maximum Gasteiger partial charge on any atom is 0.195 e. The summed E-state index contributed by atoms with van der Waals surface area (Å²) in [7, 11) is 0. The molecule has 7 heteroatoms. The molecule has 0 bridgehead atoms. The van der Waals surface area contributed by atoms with Crippen LogP contribution in [0.4, 0.5) is 5.69 Å². The normalized spacial score (nSPS) is 17.8. The number of fused-ring (bicyclic) bond motifs is 4. The molecule has 0 radical (unpaired) electrons. The van der Waals surface area contributed by atoms with E-state index in [9.17, 15) is 15.2 Å². The van der Waals surface area contributed by atoms with E-state index in [1.807, 2.05) is 18.2 Å². The van der Waals surface area contributed by atoms with Crippen LogP contribution in [0.25, 0.3) is 10.9 Å². The van der Waals surface area contributed by atoms with Crippen LogP contribution in [-0.4, -0.2) is 60.1 Å². The second kappa shape index (κ2) is 7.66. The number of thiol groups is 1. The van der Waals surface area contributed by atoms with Crippen LogP contribution in [0.3, 0.4) is 0 Å². The summed E-state index contributed by atoms with van der Waals surface area (Å²) in [6.45, 7) is 8.64. The number of carbonyl (C=O) groups is 1.